The van der Waals surface area contributed by atoms with Gasteiger partial charge in [-0.2, -0.15) is 0 Å². The van der Waals surface area contributed by atoms with Crippen LogP contribution in [-0.4, -0.2) is 67.5 Å². The van der Waals surface area contributed by atoms with E-state index in [1.54, 1.807) is 50.1 Å². The van der Waals surface area contributed by atoms with Gasteiger partial charge in [-0.3, -0.25) is 9.59 Å². The van der Waals surface area contributed by atoms with E-state index in [1.165, 1.54) is 12.1 Å². The van der Waals surface area contributed by atoms with Crippen LogP contribution in [0.4, 0.5) is 10.1 Å². The van der Waals surface area contributed by atoms with Crippen molar-refractivity contribution in [3.8, 4) is 5.75 Å². The predicted octanol–water partition coefficient (Wildman–Crippen LogP) is 5.15. The maximum absolute atomic E-state index is 14.1. The lowest BCUT2D eigenvalue weighted by Gasteiger charge is -2.36. The highest BCUT2D eigenvalue weighted by atomic mass is 19.1. The zero-order valence-corrected chi connectivity index (χ0v) is 24.7. The number of rotatable bonds is 8. The van der Waals surface area contributed by atoms with E-state index in [2.05, 4.69) is 4.90 Å². The van der Waals surface area contributed by atoms with Crippen LogP contribution in [0, 0.1) is 5.82 Å². The first-order chi connectivity index (χ1) is 20.8. The minimum absolute atomic E-state index is 0.00401. The highest BCUT2D eigenvalue weighted by molar-refractivity contribution is 5.96. The van der Waals surface area contributed by atoms with Crippen LogP contribution in [0.25, 0.3) is 0 Å². The maximum atomic E-state index is 14.1. The third-order valence-corrected chi connectivity index (χ3v) is 8.08. The topological polar surface area (TPSA) is 79.4 Å². The summed E-state index contributed by atoms with van der Waals surface area (Å²) in [5.41, 5.74) is 3.67. The van der Waals surface area contributed by atoms with Crippen LogP contribution in [0.15, 0.2) is 84.1 Å². The molecule has 0 saturated carbocycles. The Morgan fingerprint density at radius 3 is 2.42 bits per heavy atom. The number of ether oxygens (including phenoxy) is 2. The van der Waals surface area contributed by atoms with Gasteiger partial charge in [0.05, 0.1) is 31.5 Å². The van der Waals surface area contributed by atoms with E-state index in [0.717, 1.165) is 17.0 Å². The number of esters is 1. The molecule has 1 unspecified atom stereocenters. The fourth-order valence-corrected chi connectivity index (χ4v) is 5.89. The van der Waals surface area contributed by atoms with Gasteiger partial charge in [0.1, 0.15) is 11.6 Å². The minimum Gasteiger partial charge on any atom is -0.495 e. The van der Waals surface area contributed by atoms with E-state index in [0.29, 0.717) is 48.6 Å². The second-order valence-electron chi connectivity index (χ2n) is 10.7. The van der Waals surface area contributed by atoms with Gasteiger partial charge in [0.15, 0.2) is 0 Å². The zero-order chi connectivity index (χ0) is 30.5. The molecule has 2 aliphatic rings. The van der Waals surface area contributed by atoms with E-state index in [9.17, 15) is 18.8 Å². The van der Waals surface area contributed by atoms with Crippen molar-refractivity contribution in [1.82, 2.24) is 9.80 Å². The zero-order valence-electron chi connectivity index (χ0n) is 24.7. The molecule has 3 aromatic rings. The summed E-state index contributed by atoms with van der Waals surface area (Å²) in [6.45, 7) is 6.30. The van der Waals surface area contributed by atoms with E-state index in [-0.39, 0.29) is 31.4 Å². The standard InChI is InChI=1S/C34H36FN3O5/c1-4-43-34(41)32-23(2)38(31(39)21-28(32)25-10-8-12-27(35)20-25)22-24-9-7-11-26(19-24)33(40)37-17-15-36(16-18-37)29-13-5-6-14-30(29)42-3/h5-14,19-20,28H,4,15-18,21-22H2,1-3H3. The van der Waals surface area contributed by atoms with Gasteiger partial charge < -0.3 is 24.2 Å². The van der Waals surface area contributed by atoms with Crippen LogP contribution in [-0.2, 0) is 20.9 Å². The molecule has 224 valence electrons. The molecule has 0 aromatic heterocycles. The van der Waals surface area contributed by atoms with Crippen LogP contribution in [0.3, 0.4) is 0 Å². The van der Waals surface area contributed by atoms with E-state index < -0.39 is 17.7 Å². The molecule has 5 rings (SSSR count). The lowest BCUT2D eigenvalue weighted by atomic mass is 9.83. The molecular formula is C34H36FN3O5. The summed E-state index contributed by atoms with van der Waals surface area (Å²) >= 11 is 0. The van der Waals surface area contributed by atoms with Gasteiger partial charge in [-0.05, 0) is 61.4 Å². The Morgan fingerprint density at radius 2 is 1.70 bits per heavy atom. The molecule has 2 aliphatic heterocycles. The molecule has 1 fully saturated rings. The summed E-state index contributed by atoms with van der Waals surface area (Å²) in [6, 6.07) is 21.1. The predicted molar refractivity (Wildman–Crippen MR) is 161 cm³/mol. The Kier molecular flexibility index (Phi) is 9.09. The summed E-state index contributed by atoms with van der Waals surface area (Å²) in [6.07, 6.45) is 0.00401. The number of methoxy groups -OCH3 is 1. The Hall–Kier alpha value is -4.66. The van der Waals surface area contributed by atoms with Crippen LogP contribution < -0.4 is 9.64 Å². The fourth-order valence-electron chi connectivity index (χ4n) is 5.89. The van der Waals surface area contributed by atoms with Gasteiger partial charge >= 0.3 is 5.97 Å². The number of amides is 2. The molecule has 3 aromatic carbocycles. The van der Waals surface area contributed by atoms with Crippen molar-refractivity contribution in [2.24, 2.45) is 0 Å². The number of hydrogen-bond donors (Lipinski definition) is 0. The highest BCUT2D eigenvalue weighted by Gasteiger charge is 2.37. The number of allylic oxidation sites excluding steroid dienone is 1. The van der Waals surface area contributed by atoms with Gasteiger partial charge in [-0.25, -0.2) is 9.18 Å². The first-order valence-electron chi connectivity index (χ1n) is 14.5. The van der Waals surface area contributed by atoms with Crippen molar-refractivity contribution in [3.05, 3.63) is 107 Å². The van der Waals surface area contributed by atoms with E-state index >= 15 is 0 Å². The van der Waals surface area contributed by atoms with Crippen molar-refractivity contribution in [1.29, 1.82) is 0 Å². The Bertz CT molecular complexity index is 1550. The lowest BCUT2D eigenvalue weighted by Crippen LogP contribution is -2.48. The summed E-state index contributed by atoms with van der Waals surface area (Å²) in [5.74, 6) is -1.03. The van der Waals surface area contributed by atoms with Crippen LogP contribution in [0.5, 0.6) is 5.75 Å². The van der Waals surface area contributed by atoms with Gasteiger partial charge in [0.25, 0.3) is 5.91 Å². The monoisotopic (exact) mass is 585 g/mol. The third kappa shape index (κ3) is 6.40. The maximum Gasteiger partial charge on any atom is 0.336 e. The lowest BCUT2D eigenvalue weighted by molar-refractivity contribution is -0.140. The number of carbonyl (C=O) groups is 3. The molecular weight excluding hydrogens is 549 g/mol. The minimum atomic E-state index is -0.610. The van der Waals surface area contributed by atoms with Gasteiger partial charge in [0, 0.05) is 49.8 Å². The molecule has 2 amide bonds. The Labute approximate surface area is 251 Å². The van der Waals surface area contributed by atoms with Crippen molar-refractivity contribution in [2.45, 2.75) is 32.7 Å². The first kappa shape index (κ1) is 29.8. The highest BCUT2D eigenvalue weighted by Crippen LogP contribution is 2.38. The van der Waals surface area contributed by atoms with Crippen LogP contribution in [0.2, 0.25) is 0 Å². The van der Waals surface area contributed by atoms with Crippen molar-refractivity contribution < 1.29 is 28.2 Å². The molecule has 1 saturated heterocycles. The van der Waals surface area contributed by atoms with Crippen molar-refractivity contribution in [2.75, 3.05) is 44.8 Å². The SMILES string of the molecule is CCOC(=O)C1=C(C)N(Cc2cccc(C(=O)N3CCN(c4ccccc4OC)CC3)c2)C(=O)CC1c1cccc(F)c1. The second-order valence-corrected chi connectivity index (χ2v) is 10.7. The number of benzene rings is 3. The molecule has 1 atom stereocenters. The average molecular weight is 586 g/mol. The summed E-state index contributed by atoms with van der Waals surface area (Å²) in [7, 11) is 1.65. The van der Waals surface area contributed by atoms with E-state index in [1.807, 2.05) is 41.3 Å². The molecule has 0 aliphatic carbocycles. The van der Waals surface area contributed by atoms with E-state index in [4.69, 9.17) is 9.47 Å². The van der Waals surface area contributed by atoms with Gasteiger partial charge in [-0.1, -0.05) is 36.4 Å². The largest absolute Gasteiger partial charge is 0.495 e. The number of halogens is 1. The Morgan fingerprint density at radius 1 is 0.953 bits per heavy atom. The number of hydrogen-bond acceptors (Lipinski definition) is 6. The summed E-state index contributed by atoms with van der Waals surface area (Å²) in [5, 5.41) is 0. The summed E-state index contributed by atoms with van der Waals surface area (Å²) < 4.78 is 24.9. The molecule has 0 radical (unpaired) electrons. The molecule has 9 heteroatoms. The second kappa shape index (κ2) is 13.1. The normalized spacial score (nSPS) is 17.3. The van der Waals surface area contributed by atoms with Crippen LogP contribution >= 0.6 is 0 Å². The smallest absolute Gasteiger partial charge is 0.336 e. The quantitative estimate of drug-likeness (QED) is 0.341. The average Bonchev–Trinajstić information content (AvgIpc) is 3.02. The molecule has 43 heavy (non-hydrogen) atoms. The van der Waals surface area contributed by atoms with Crippen LogP contribution in [0.1, 0.15) is 47.7 Å². The number of piperazine rings is 1. The third-order valence-electron chi connectivity index (χ3n) is 8.08. The number of anilines is 1. The van der Waals surface area contributed by atoms with Crippen molar-refractivity contribution in [3.63, 3.8) is 0 Å². The number of nitrogens with zero attached hydrogens (tertiary/aromatic N) is 3. The van der Waals surface area contributed by atoms with Gasteiger partial charge in [0.2, 0.25) is 5.91 Å². The fraction of sp³-hybridized carbons (Fsp3) is 0.324. The molecule has 0 bridgehead atoms. The molecule has 0 spiro atoms. The summed E-state index contributed by atoms with van der Waals surface area (Å²) in [4.78, 5) is 45.6. The van der Waals surface area contributed by atoms with Gasteiger partial charge in [-0.15, -0.1) is 0 Å². The van der Waals surface area contributed by atoms with Crippen molar-refractivity contribution >= 4 is 23.5 Å². The first-order valence-corrected chi connectivity index (χ1v) is 14.5. The molecule has 0 N–H and O–H groups in total. The number of carbonyl (C=O) groups excluding carboxylic acids is 3. The molecule has 8 nitrogen and oxygen atoms in total. The molecule has 2 heterocycles. The number of para-hydroxylation sites is 2. The Balaban J connectivity index is 1.33.